The Kier molecular flexibility index (Phi) is 5.71. The highest BCUT2D eigenvalue weighted by molar-refractivity contribution is 6.30. The first-order valence-corrected chi connectivity index (χ1v) is 10.8. The third kappa shape index (κ3) is 3.98. The highest BCUT2D eigenvalue weighted by atomic mass is 35.5. The zero-order valence-corrected chi connectivity index (χ0v) is 18.9. The molecule has 0 bridgehead atoms. The van der Waals surface area contributed by atoms with Crippen LogP contribution in [0, 0.1) is 24.1 Å². The Morgan fingerprint density at radius 2 is 1.94 bits per heavy atom. The molecule has 2 heterocycles. The van der Waals surface area contributed by atoms with Crippen molar-refractivity contribution in [2.75, 3.05) is 5.32 Å². The van der Waals surface area contributed by atoms with Crippen LogP contribution in [-0.4, -0.2) is 26.2 Å². The predicted octanol–water partition coefficient (Wildman–Crippen LogP) is 5.33. The maximum Gasteiger partial charge on any atom is 0.301 e. The molecule has 0 radical (unpaired) electrons. The Hall–Kier alpha value is -2.96. The van der Waals surface area contributed by atoms with Gasteiger partial charge in [-0.3, -0.25) is 0 Å². The SMILES string of the molecule is Cc1nc(N[C@H](C)c2cccc(C(F)(F)[C@H](C)O)c2F)c2cc(C3(C#N)CC3)c(Cl)nc2n1. The van der Waals surface area contributed by atoms with E-state index in [1.54, 1.807) is 19.9 Å². The summed E-state index contributed by atoms with van der Waals surface area (Å²) in [4.78, 5) is 13.0. The van der Waals surface area contributed by atoms with Gasteiger partial charge in [-0.25, -0.2) is 19.3 Å². The number of aliphatic hydroxyl groups is 1. The van der Waals surface area contributed by atoms with E-state index in [9.17, 15) is 19.1 Å². The number of halogens is 4. The fourth-order valence-electron chi connectivity index (χ4n) is 3.80. The number of hydrogen-bond donors (Lipinski definition) is 2. The van der Waals surface area contributed by atoms with Gasteiger partial charge in [0.15, 0.2) is 5.65 Å². The van der Waals surface area contributed by atoms with Gasteiger partial charge in [-0.05, 0) is 45.7 Å². The van der Waals surface area contributed by atoms with Crippen LogP contribution >= 0.6 is 11.6 Å². The first-order chi connectivity index (χ1) is 15.5. The van der Waals surface area contributed by atoms with Gasteiger partial charge in [-0.2, -0.15) is 14.0 Å². The maximum absolute atomic E-state index is 15.1. The van der Waals surface area contributed by atoms with Crippen LogP contribution in [-0.2, 0) is 11.3 Å². The topological polar surface area (TPSA) is 94.7 Å². The molecule has 172 valence electrons. The summed E-state index contributed by atoms with van der Waals surface area (Å²) in [5, 5.41) is 22.7. The number of alkyl halides is 2. The number of nitrogens with zero attached hydrogens (tertiary/aromatic N) is 4. The molecule has 1 aromatic carbocycles. The Balaban J connectivity index is 1.77. The van der Waals surface area contributed by atoms with Crippen LogP contribution in [0.4, 0.5) is 19.0 Å². The molecular formula is C23H21ClF3N5O. The molecule has 0 amide bonds. The summed E-state index contributed by atoms with van der Waals surface area (Å²) in [7, 11) is 0. The molecule has 4 rings (SSSR count). The van der Waals surface area contributed by atoms with Crippen molar-refractivity contribution in [3.8, 4) is 6.07 Å². The number of aromatic nitrogens is 3. The second kappa shape index (κ2) is 8.12. The molecule has 0 spiro atoms. The fraction of sp³-hybridized carbons (Fsp3) is 0.391. The molecule has 10 heteroatoms. The molecule has 0 saturated heterocycles. The van der Waals surface area contributed by atoms with Gasteiger partial charge in [0.1, 0.15) is 28.7 Å². The van der Waals surface area contributed by atoms with E-state index < -0.39 is 34.9 Å². The quantitative estimate of drug-likeness (QED) is 0.468. The summed E-state index contributed by atoms with van der Waals surface area (Å²) >= 11 is 6.34. The third-order valence-corrected chi connectivity index (χ3v) is 6.25. The van der Waals surface area contributed by atoms with Crippen molar-refractivity contribution in [3.05, 3.63) is 57.8 Å². The average Bonchev–Trinajstić information content (AvgIpc) is 3.54. The van der Waals surface area contributed by atoms with Gasteiger partial charge in [-0.1, -0.05) is 23.7 Å². The molecule has 1 saturated carbocycles. The lowest BCUT2D eigenvalue weighted by atomic mass is 9.97. The van der Waals surface area contributed by atoms with E-state index in [1.165, 1.54) is 12.1 Å². The number of pyridine rings is 1. The van der Waals surface area contributed by atoms with E-state index in [2.05, 4.69) is 26.3 Å². The van der Waals surface area contributed by atoms with Crippen molar-refractivity contribution >= 4 is 28.5 Å². The molecule has 33 heavy (non-hydrogen) atoms. The molecule has 3 aromatic rings. The van der Waals surface area contributed by atoms with Crippen molar-refractivity contribution in [2.24, 2.45) is 0 Å². The highest BCUT2D eigenvalue weighted by Gasteiger charge is 2.47. The molecule has 2 aromatic heterocycles. The van der Waals surface area contributed by atoms with Gasteiger partial charge in [0.25, 0.3) is 0 Å². The monoisotopic (exact) mass is 475 g/mol. The van der Waals surface area contributed by atoms with Crippen LogP contribution in [0.25, 0.3) is 11.0 Å². The minimum atomic E-state index is -3.75. The first kappa shape index (κ1) is 23.2. The van der Waals surface area contributed by atoms with E-state index >= 15 is 4.39 Å². The molecule has 0 aliphatic heterocycles. The van der Waals surface area contributed by atoms with Crippen LogP contribution in [0.15, 0.2) is 24.3 Å². The van der Waals surface area contributed by atoms with Crippen molar-refractivity contribution in [2.45, 2.75) is 57.1 Å². The normalized spacial score (nSPS) is 16.8. The number of anilines is 1. The summed E-state index contributed by atoms with van der Waals surface area (Å²) in [6, 6.07) is 6.89. The molecule has 6 nitrogen and oxygen atoms in total. The summed E-state index contributed by atoms with van der Waals surface area (Å²) in [5.41, 5.74) is -0.719. The van der Waals surface area contributed by atoms with Crippen molar-refractivity contribution in [1.29, 1.82) is 5.26 Å². The number of aryl methyl sites for hydroxylation is 1. The van der Waals surface area contributed by atoms with Gasteiger partial charge >= 0.3 is 5.92 Å². The fourth-order valence-corrected chi connectivity index (χ4v) is 4.12. The number of rotatable bonds is 6. The van der Waals surface area contributed by atoms with Crippen LogP contribution in [0.1, 0.15) is 55.2 Å². The molecule has 2 N–H and O–H groups in total. The van der Waals surface area contributed by atoms with Crippen LogP contribution < -0.4 is 5.32 Å². The summed E-state index contributed by atoms with van der Waals surface area (Å²) in [6.07, 6.45) is -0.724. The summed E-state index contributed by atoms with van der Waals surface area (Å²) in [6.45, 7) is 4.17. The number of nitrogens with one attached hydrogen (secondary N) is 1. The lowest BCUT2D eigenvalue weighted by Crippen LogP contribution is -2.29. The summed E-state index contributed by atoms with van der Waals surface area (Å²) in [5.74, 6) is -4.16. The maximum atomic E-state index is 15.1. The van der Waals surface area contributed by atoms with E-state index in [0.717, 1.165) is 13.0 Å². The lowest BCUT2D eigenvalue weighted by Gasteiger charge is -2.23. The van der Waals surface area contributed by atoms with Gasteiger partial charge in [0.2, 0.25) is 0 Å². The molecule has 1 aliphatic carbocycles. The van der Waals surface area contributed by atoms with E-state index in [4.69, 9.17) is 11.6 Å². The number of fused-ring (bicyclic) bond motifs is 1. The second-order valence-corrected chi connectivity index (χ2v) is 8.74. The van der Waals surface area contributed by atoms with E-state index in [0.29, 0.717) is 41.1 Å². The van der Waals surface area contributed by atoms with Gasteiger partial charge in [0, 0.05) is 11.1 Å². The van der Waals surface area contributed by atoms with Crippen LogP contribution in [0.3, 0.4) is 0 Å². The summed E-state index contributed by atoms with van der Waals surface area (Å²) < 4.78 is 43.7. The van der Waals surface area contributed by atoms with Crippen LogP contribution in [0.2, 0.25) is 5.15 Å². The zero-order chi connectivity index (χ0) is 24.1. The minimum Gasteiger partial charge on any atom is -0.387 e. The highest BCUT2D eigenvalue weighted by Crippen LogP contribution is 2.50. The Morgan fingerprint density at radius 3 is 2.55 bits per heavy atom. The lowest BCUT2D eigenvalue weighted by molar-refractivity contribution is -0.108. The van der Waals surface area contributed by atoms with Gasteiger partial charge < -0.3 is 10.4 Å². The predicted molar refractivity (Wildman–Crippen MR) is 118 cm³/mol. The van der Waals surface area contributed by atoms with Crippen LogP contribution in [0.5, 0.6) is 0 Å². The molecular weight excluding hydrogens is 455 g/mol. The minimum absolute atomic E-state index is 0.0184. The van der Waals surface area contributed by atoms with Crippen molar-refractivity contribution < 1.29 is 18.3 Å². The molecule has 1 aliphatic rings. The Morgan fingerprint density at radius 1 is 1.24 bits per heavy atom. The van der Waals surface area contributed by atoms with E-state index in [-0.39, 0.29) is 10.7 Å². The molecule has 1 fully saturated rings. The second-order valence-electron chi connectivity index (χ2n) is 8.38. The average molecular weight is 476 g/mol. The van der Waals surface area contributed by atoms with Crippen molar-refractivity contribution in [3.63, 3.8) is 0 Å². The smallest absolute Gasteiger partial charge is 0.301 e. The van der Waals surface area contributed by atoms with Gasteiger partial charge in [0.05, 0.1) is 28.5 Å². The first-order valence-electron chi connectivity index (χ1n) is 10.4. The van der Waals surface area contributed by atoms with Gasteiger partial charge in [-0.15, -0.1) is 0 Å². The Bertz CT molecular complexity index is 1290. The molecule has 2 atom stereocenters. The third-order valence-electron chi connectivity index (χ3n) is 5.96. The number of aliphatic hydroxyl groups excluding tert-OH is 1. The number of hydrogen-bond acceptors (Lipinski definition) is 6. The number of nitriles is 1. The Labute approximate surface area is 193 Å². The van der Waals surface area contributed by atoms with Crippen molar-refractivity contribution in [1.82, 2.24) is 15.0 Å². The molecule has 0 unspecified atom stereocenters. The standard InChI is InChI=1S/C23H21ClF3N5O/c1-11(14-5-4-6-16(18(14)25)23(26,27)12(2)33)29-20-15-9-17(22(10-28)7-8-22)19(24)32-21(15)31-13(3)30-20/h4-6,9,11-12,33H,7-8H2,1-3H3,(H,29,30,31,32)/t11-,12+/m1/s1. The van der Waals surface area contributed by atoms with E-state index in [1.807, 2.05) is 0 Å². The number of benzene rings is 1. The zero-order valence-electron chi connectivity index (χ0n) is 18.1. The largest absolute Gasteiger partial charge is 0.387 e.